The number of halogens is 1. The topological polar surface area (TPSA) is 86.6 Å². The highest BCUT2D eigenvalue weighted by molar-refractivity contribution is 7.21. The second kappa shape index (κ2) is 6.19. The number of hydrogen-bond acceptors (Lipinski definition) is 4. The van der Waals surface area contributed by atoms with Gasteiger partial charge >= 0.3 is 5.97 Å². The lowest BCUT2D eigenvalue weighted by molar-refractivity contribution is -0.146. The quantitative estimate of drug-likeness (QED) is 0.787. The van der Waals surface area contributed by atoms with E-state index in [0.717, 1.165) is 0 Å². The van der Waals surface area contributed by atoms with E-state index in [2.05, 4.69) is 5.32 Å². The predicted octanol–water partition coefficient (Wildman–Crippen LogP) is 1.91. The summed E-state index contributed by atoms with van der Waals surface area (Å²) in [7, 11) is 0. The van der Waals surface area contributed by atoms with E-state index < -0.39 is 18.0 Å². The Kier molecular flexibility index (Phi) is 4.54. The molecule has 7 heteroatoms. The number of aliphatic carboxylic acids is 1. The highest BCUT2D eigenvalue weighted by atomic mass is 32.1. The van der Waals surface area contributed by atoms with Gasteiger partial charge in [0.05, 0.1) is 4.88 Å². The molecule has 1 heterocycles. The fourth-order valence-electron chi connectivity index (χ4n) is 2.00. The van der Waals surface area contributed by atoms with Gasteiger partial charge in [0.2, 0.25) is 0 Å². The smallest absolute Gasteiger partial charge is 0.332 e. The number of carboxylic acids is 1. The summed E-state index contributed by atoms with van der Waals surface area (Å²) in [5.41, 5.74) is 0.560. The van der Waals surface area contributed by atoms with Crippen LogP contribution in [0.25, 0.3) is 10.1 Å². The summed E-state index contributed by atoms with van der Waals surface area (Å²) in [5.74, 6) is -2.10. The zero-order valence-electron chi connectivity index (χ0n) is 11.2. The number of carboxylic acid groups (broad SMARTS) is 1. The van der Waals surface area contributed by atoms with Crippen molar-refractivity contribution in [2.75, 3.05) is 6.54 Å². The number of benzene rings is 1. The molecule has 2 rings (SSSR count). The second-order valence-electron chi connectivity index (χ2n) is 4.57. The highest BCUT2D eigenvalue weighted by Crippen LogP contribution is 2.32. The largest absolute Gasteiger partial charge is 0.479 e. The van der Waals surface area contributed by atoms with E-state index in [1.165, 1.54) is 17.4 Å². The monoisotopic (exact) mass is 311 g/mol. The lowest BCUT2D eigenvalue weighted by atomic mass is 10.1. The van der Waals surface area contributed by atoms with Crippen molar-refractivity contribution in [3.05, 3.63) is 34.5 Å². The van der Waals surface area contributed by atoms with Crippen molar-refractivity contribution in [3.8, 4) is 0 Å². The second-order valence-corrected chi connectivity index (χ2v) is 5.62. The van der Waals surface area contributed by atoms with E-state index >= 15 is 0 Å². The Morgan fingerprint density at radius 3 is 2.76 bits per heavy atom. The van der Waals surface area contributed by atoms with E-state index in [1.54, 1.807) is 19.1 Å². The zero-order chi connectivity index (χ0) is 15.6. The molecule has 1 aromatic heterocycles. The maximum atomic E-state index is 13.7. The molecular formula is C14H14FNO4S. The minimum atomic E-state index is -1.51. The Balaban J connectivity index is 2.12. The van der Waals surface area contributed by atoms with Crippen LogP contribution in [0.4, 0.5) is 4.39 Å². The Morgan fingerprint density at radius 2 is 2.14 bits per heavy atom. The third-order valence-electron chi connectivity index (χ3n) is 3.10. The van der Waals surface area contributed by atoms with Crippen molar-refractivity contribution in [3.63, 3.8) is 0 Å². The summed E-state index contributed by atoms with van der Waals surface area (Å²) < 4.78 is 14.4. The minimum Gasteiger partial charge on any atom is -0.479 e. The van der Waals surface area contributed by atoms with Gasteiger partial charge in [0.25, 0.3) is 5.91 Å². The summed E-state index contributed by atoms with van der Waals surface area (Å²) in [6.45, 7) is 1.70. The van der Waals surface area contributed by atoms with E-state index in [9.17, 15) is 14.0 Å². The van der Waals surface area contributed by atoms with Crippen LogP contribution in [0.5, 0.6) is 0 Å². The molecule has 0 radical (unpaired) electrons. The van der Waals surface area contributed by atoms with Crippen LogP contribution < -0.4 is 5.32 Å². The standard InChI is InChI=1S/C14H14FNO4S/c1-7-11-8(15)3-2-4-10(11)21-12(7)13(18)16-6-5-9(17)14(19)20/h2-4,9,17H,5-6H2,1H3,(H,16,18)(H,19,20)/t9-/m0/s1. The summed E-state index contributed by atoms with van der Waals surface area (Å²) >= 11 is 1.18. The van der Waals surface area contributed by atoms with Gasteiger partial charge in [-0.05, 0) is 24.6 Å². The van der Waals surface area contributed by atoms with Crippen LogP contribution in [-0.4, -0.2) is 34.7 Å². The molecule has 0 bridgehead atoms. The number of amides is 1. The fourth-order valence-corrected chi connectivity index (χ4v) is 3.14. The predicted molar refractivity (Wildman–Crippen MR) is 77.1 cm³/mol. The number of hydrogen-bond donors (Lipinski definition) is 3. The van der Waals surface area contributed by atoms with E-state index in [-0.39, 0.29) is 18.8 Å². The number of aliphatic hydroxyl groups is 1. The number of nitrogens with one attached hydrogen (secondary N) is 1. The Labute approximate surface area is 124 Å². The van der Waals surface area contributed by atoms with E-state index in [1.807, 2.05) is 0 Å². The molecule has 0 fully saturated rings. The maximum Gasteiger partial charge on any atom is 0.332 e. The molecule has 0 spiro atoms. The van der Waals surface area contributed by atoms with E-state index in [4.69, 9.17) is 10.2 Å². The molecule has 0 aliphatic heterocycles. The first kappa shape index (κ1) is 15.4. The van der Waals surface area contributed by atoms with Gasteiger partial charge in [-0.3, -0.25) is 4.79 Å². The van der Waals surface area contributed by atoms with Gasteiger partial charge in [0, 0.05) is 23.1 Å². The van der Waals surface area contributed by atoms with Crippen molar-refractivity contribution in [2.24, 2.45) is 0 Å². The van der Waals surface area contributed by atoms with Crippen LogP contribution >= 0.6 is 11.3 Å². The number of carbonyl (C=O) groups is 2. The summed E-state index contributed by atoms with van der Waals surface area (Å²) in [4.78, 5) is 22.9. The molecule has 1 aromatic carbocycles. The van der Waals surface area contributed by atoms with Crippen molar-refractivity contribution in [2.45, 2.75) is 19.4 Å². The van der Waals surface area contributed by atoms with Crippen molar-refractivity contribution in [1.82, 2.24) is 5.32 Å². The normalized spacial score (nSPS) is 12.3. The number of rotatable bonds is 5. The van der Waals surface area contributed by atoms with Gasteiger partial charge in [0.1, 0.15) is 5.82 Å². The van der Waals surface area contributed by atoms with E-state index in [0.29, 0.717) is 20.5 Å². The highest BCUT2D eigenvalue weighted by Gasteiger charge is 2.18. The average molecular weight is 311 g/mol. The fraction of sp³-hybridized carbons (Fsp3) is 0.286. The van der Waals surface area contributed by atoms with Gasteiger partial charge in [-0.1, -0.05) is 6.07 Å². The lowest BCUT2D eigenvalue weighted by Crippen LogP contribution is -2.29. The van der Waals surface area contributed by atoms with Crippen molar-refractivity contribution in [1.29, 1.82) is 0 Å². The third kappa shape index (κ3) is 3.20. The molecule has 3 N–H and O–H groups in total. The Bertz CT molecular complexity index is 698. The number of aryl methyl sites for hydroxylation is 1. The van der Waals surface area contributed by atoms with Crippen molar-refractivity contribution < 1.29 is 24.2 Å². The average Bonchev–Trinajstić information content (AvgIpc) is 2.77. The Morgan fingerprint density at radius 1 is 1.43 bits per heavy atom. The zero-order valence-corrected chi connectivity index (χ0v) is 12.0. The Hall–Kier alpha value is -1.99. The van der Waals surface area contributed by atoms with Gasteiger partial charge in [-0.15, -0.1) is 11.3 Å². The SMILES string of the molecule is Cc1c(C(=O)NCC[C@H](O)C(=O)O)sc2cccc(F)c12. The first-order valence-electron chi connectivity index (χ1n) is 6.28. The van der Waals surface area contributed by atoms with Gasteiger partial charge in [-0.25, -0.2) is 9.18 Å². The summed E-state index contributed by atoms with van der Waals surface area (Å²) in [6, 6.07) is 4.66. The molecule has 0 saturated heterocycles. The number of aliphatic hydroxyl groups excluding tert-OH is 1. The first-order chi connectivity index (χ1) is 9.91. The van der Waals surface area contributed by atoms with Gasteiger partial charge in [0.15, 0.2) is 6.10 Å². The van der Waals surface area contributed by atoms with Gasteiger partial charge < -0.3 is 15.5 Å². The van der Waals surface area contributed by atoms with Gasteiger partial charge in [-0.2, -0.15) is 0 Å². The number of thiophene rings is 1. The third-order valence-corrected chi connectivity index (χ3v) is 4.35. The molecule has 112 valence electrons. The summed E-state index contributed by atoms with van der Waals surface area (Å²) in [6.07, 6.45) is -1.59. The minimum absolute atomic E-state index is 0.0302. The molecule has 21 heavy (non-hydrogen) atoms. The molecule has 0 unspecified atom stereocenters. The van der Waals surface area contributed by atoms with Crippen molar-refractivity contribution >= 4 is 33.3 Å². The molecule has 0 aliphatic carbocycles. The lowest BCUT2D eigenvalue weighted by Gasteiger charge is -2.06. The molecule has 0 aliphatic rings. The molecule has 1 atom stereocenters. The van der Waals surface area contributed by atoms with Crippen LogP contribution in [-0.2, 0) is 4.79 Å². The number of fused-ring (bicyclic) bond motifs is 1. The molecule has 0 saturated carbocycles. The van der Waals surface area contributed by atoms with Crippen LogP contribution in [0, 0.1) is 12.7 Å². The van der Waals surface area contributed by atoms with Crippen LogP contribution in [0.3, 0.4) is 0 Å². The molecule has 2 aromatic rings. The summed E-state index contributed by atoms with van der Waals surface area (Å²) in [5, 5.41) is 20.6. The van der Waals surface area contributed by atoms with Crippen LogP contribution in [0.1, 0.15) is 21.7 Å². The van der Waals surface area contributed by atoms with Crippen LogP contribution in [0.15, 0.2) is 18.2 Å². The maximum absolute atomic E-state index is 13.7. The van der Waals surface area contributed by atoms with Crippen LogP contribution in [0.2, 0.25) is 0 Å². The molecule has 5 nitrogen and oxygen atoms in total. The molecular weight excluding hydrogens is 297 g/mol. The molecule has 1 amide bonds. The first-order valence-corrected chi connectivity index (χ1v) is 7.10. The number of carbonyl (C=O) groups excluding carboxylic acids is 1.